The van der Waals surface area contributed by atoms with E-state index in [0.29, 0.717) is 26.2 Å². The van der Waals surface area contributed by atoms with E-state index in [9.17, 15) is 0 Å². The van der Waals surface area contributed by atoms with Crippen molar-refractivity contribution >= 4 is 69.6 Å². The van der Waals surface area contributed by atoms with Crippen LogP contribution in [0.5, 0.6) is 0 Å². The zero-order valence-corrected chi connectivity index (χ0v) is 13.0. The highest BCUT2D eigenvalue weighted by Gasteiger charge is 2.16. The van der Waals surface area contributed by atoms with Crippen molar-refractivity contribution in [3.8, 4) is 11.1 Å². The van der Waals surface area contributed by atoms with Gasteiger partial charge < -0.3 is 0 Å². The lowest BCUT2D eigenvalue weighted by Gasteiger charge is -2.10. The van der Waals surface area contributed by atoms with Crippen LogP contribution in [-0.2, 0) is 0 Å². The third kappa shape index (κ3) is 2.67. The van der Waals surface area contributed by atoms with Gasteiger partial charge in [-0.15, -0.1) is 0 Å². The highest BCUT2D eigenvalue weighted by Crippen LogP contribution is 2.42. The molecule has 0 N–H and O–H groups in total. The monoisotopic (exact) mass is 359 g/mol. The first-order chi connectivity index (χ1) is 8.41. The topological polar surface area (TPSA) is 12.9 Å². The van der Waals surface area contributed by atoms with Gasteiger partial charge in [-0.3, -0.25) is 0 Å². The molecule has 1 heterocycles. The van der Waals surface area contributed by atoms with Gasteiger partial charge >= 0.3 is 0 Å². The molecule has 94 valence electrons. The molecule has 1 aromatic heterocycles. The maximum atomic E-state index is 6.11. The number of hydrogen-bond acceptors (Lipinski definition) is 1. The lowest BCUT2D eigenvalue weighted by atomic mass is 10.1. The van der Waals surface area contributed by atoms with Crippen molar-refractivity contribution in [3.63, 3.8) is 0 Å². The van der Waals surface area contributed by atoms with Gasteiger partial charge in [0, 0.05) is 22.3 Å². The third-order valence-electron chi connectivity index (χ3n) is 2.20. The Balaban J connectivity index is 2.74. The Kier molecular flexibility index (Phi) is 4.53. The van der Waals surface area contributed by atoms with Crippen molar-refractivity contribution in [3.05, 3.63) is 48.6 Å². The molecule has 2 aromatic rings. The average molecular weight is 362 g/mol. The summed E-state index contributed by atoms with van der Waals surface area (Å²) in [6.07, 6.45) is 1.46. The van der Waals surface area contributed by atoms with Gasteiger partial charge in [-0.25, -0.2) is 4.98 Å². The average Bonchev–Trinajstić information content (AvgIpc) is 2.31. The molecule has 0 unspecified atom stereocenters. The smallest absolute Gasteiger partial charge is 0.149 e. The Morgan fingerprint density at radius 2 is 1.39 bits per heavy atom. The van der Waals surface area contributed by atoms with E-state index in [0.717, 1.165) is 0 Å². The molecule has 0 fully saturated rings. The molecule has 0 aliphatic carbocycles. The normalized spacial score (nSPS) is 10.8. The van der Waals surface area contributed by atoms with Gasteiger partial charge in [0.2, 0.25) is 0 Å². The second-order valence-corrected chi connectivity index (χ2v) is 5.68. The number of benzene rings is 1. The van der Waals surface area contributed by atoms with Crippen LogP contribution >= 0.6 is 69.6 Å². The first-order valence-electron chi connectivity index (χ1n) is 4.56. The molecule has 0 saturated heterocycles. The van der Waals surface area contributed by atoms with Crippen LogP contribution in [0.1, 0.15) is 0 Å². The predicted octanol–water partition coefficient (Wildman–Crippen LogP) is 6.67. The van der Waals surface area contributed by atoms with E-state index in [1.807, 2.05) is 0 Å². The van der Waals surface area contributed by atoms with E-state index in [1.54, 1.807) is 6.07 Å². The molecule has 0 amide bonds. The van der Waals surface area contributed by atoms with Crippen LogP contribution in [0.15, 0.2) is 18.3 Å². The summed E-state index contributed by atoms with van der Waals surface area (Å²) < 4.78 is 0. The lowest BCUT2D eigenvalue weighted by molar-refractivity contribution is 1.33. The van der Waals surface area contributed by atoms with Crippen LogP contribution in [0.4, 0.5) is 0 Å². The van der Waals surface area contributed by atoms with Crippen molar-refractivity contribution in [2.45, 2.75) is 0 Å². The molecular formula is C11H3Cl6N. The van der Waals surface area contributed by atoms with E-state index < -0.39 is 0 Å². The Morgan fingerprint density at radius 3 is 2.06 bits per heavy atom. The van der Waals surface area contributed by atoms with Gasteiger partial charge in [-0.05, 0) is 12.1 Å². The lowest BCUT2D eigenvalue weighted by Crippen LogP contribution is -1.87. The van der Waals surface area contributed by atoms with Crippen LogP contribution < -0.4 is 0 Å². The molecular weight excluding hydrogens is 359 g/mol. The molecule has 18 heavy (non-hydrogen) atoms. The van der Waals surface area contributed by atoms with Gasteiger partial charge in [0.25, 0.3) is 0 Å². The Labute approximate surface area is 134 Å². The van der Waals surface area contributed by atoms with Crippen LogP contribution in [0.2, 0.25) is 30.3 Å². The van der Waals surface area contributed by atoms with Crippen molar-refractivity contribution in [2.75, 3.05) is 0 Å². The Hall–Kier alpha value is 0.110. The van der Waals surface area contributed by atoms with E-state index >= 15 is 0 Å². The Bertz CT molecular complexity index is 625. The maximum Gasteiger partial charge on any atom is 0.149 e. The van der Waals surface area contributed by atoms with Gasteiger partial charge in [-0.2, -0.15) is 0 Å². The summed E-state index contributed by atoms with van der Waals surface area (Å²) in [7, 11) is 0. The molecule has 0 aliphatic rings. The first kappa shape index (κ1) is 14.5. The Morgan fingerprint density at radius 1 is 0.722 bits per heavy atom. The van der Waals surface area contributed by atoms with Crippen molar-refractivity contribution in [2.24, 2.45) is 0 Å². The molecule has 1 nitrogen and oxygen atoms in total. The minimum atomic E-state index is 0.120. The van der Waals surface area contributed by atoms with Crippen molar-refractivity contribution in [1.29, 1.82) is 0 Å². The number of nitrogens with zero attached hydrogens (tertiary/aromatic N) is 1. The van der Waals surface area contributed by atoms with E-state index in [2.05, 4.69) is 4.98 Å². The molecule has 7 heteroatoms. The second-order valence-electron chi connectivity index (χ2n) is 3.34. The molecule has 0 radical (unpaired) electrons. The highest BCUT2D eigenvalue weighted by molar-refractivity contribution is 6.49. The van der Waals surface area contributed by atoms with Crippen molar-refractivity contribution in [1.82, 2.24) is 4.98 Å². The largest absolute Gasteiger partial charge is 0.242 e. The molecule has 0 bridgehead atoms. The third-order valence-corrected chi connectivity index (χ3v) is 4.46. The van der Waals surface area contributed by atoms with E-state index in [1.165, 1.54) is 12.3 Å². The first-order valence-corrected chi connectivity index (χ1v) is 6.83. The number of aromatic nitrogens is 1. The molecule has 2 rings (SSSR count). The van der Waals surface area contributed by atoms with Gasteiger partial charge in [0.15, 0.2) is 0 Å². The van der Waals surface area contributed by atoms with E-state index in [-0.39, 0.29) is 15.2 Å². The van der Waals surface area contributed by atoms with Gasteiger partial charge in [0.05, 0.1) is 20.1 Å². The summed E-state index contributed by atoms with van der Waals surface area (Å²) in [4.78, 5) is 3.92. The van der Waals surface area contributed by atoms with Gasteiger partial charge in [-0.1, -0.05) is 69.6 Å². The quantitative estimate of drug-likeness (QED) is 0.408. The van der Waals surface area contributed by atoms with Crippen LogP contribution in [0.3, 0.4) is 0 Å². The summed E-state index contributed by atoms with van der Waals surface area (Å²) in [6.45, 7) is 0. The summed E-state index contributed by atoms with van der Waals surface area (Å²) in [5.41, 5.74) is 1.06. The molecule has 1 aromatic carbocycles. The molecule has 0 atom stereocenters. The highest BCUT2D eigenvalue weighted by atomic mass is 35.5. The minimum Gasteiger partial charge on any atom is -0.242 e. The summed E-state index contributed by atoms with van der Waals surface area (Å²) in [6, 6.07) is 3.16. The summed E-state index contributed by atoms with van der Waals surface area (Å²) in [5.74, 6) is 0. The van der Waals surface area contributed by atoms with Crippen LogP contribution in [-0.4, -0.2) is 4.98 Å². The van der Waals surface area contributed by atoms with E-state index in [4.69, 9.17) is 69.6 Å². The zero-order chi connectivity index (χ0) is 13.4. The van der Waals surface area contributed by atoms with Crippen LogP contribution in [0.25, 0.3) is 11.1 Å². The summed E-state index contributed by atoms with van der Waals surface area (Å²) in [5, 5.41) is 1.60. The number of hydrogen-bond donors (Lipinski definition) is 0. The predicted molar refractivity (Wildman–Crippen MR) is 79.7 cm³/mol. The molecule has 0 saturated carbocycles. The fourth-order valence-electron chi connectivity index (χ4n) is 1.38. The van der Waals surface area contributed by atoms with Gasteiger partial charge in [0.1, 0.15) is 5.15 Å². The molecule has 0 spiro atoms. The number of pyridine rings is 1. The summed E-state index contributed by atoms with van der Waals surface area (Å²) >= 11 is 35.8. The number of rotatable bonds is 1. The van der Waals surface area contributed by atoms with Crippen LogP contribution in [0, 0.1) is 0 Å². The van der Waals surface area contributed by atoms with Crippen molar-refractivity contribution < 1.29 is 0 Å². The zero-order valence-electron chi connectivity index (χ0n) is 8.45. The SMILES string of the molecule is Clc1cc(Cl)c(Cl)c(-c2cnc(Cl)c(Cl)c2Cl)c1. The standard InChI is InChI=1S/C11H3Cl6N/c12-4-1-5(8(14)7(13)2-4)6-3-18-11(17)10(16)9(6)15/h1-3H. The number of halogens is 6. The maximum absolute atomic E-state index is 6.11. The fourth-order valence-corrected chi connectivity index (χ4v) is 2.67. The fraction of sp³-hybridized carbons (Fsp3) is 0. The molecule has 0 aliphatic heterocycles. The second kappa shape index (κ2) is 5.62. The minimum absolute atomic E-state index is 0.120.